The molecular formula is C16H16F3NO. The summed E-state index contributed by atoms with van der Waals surface area (Å²) in [5, 5.41) is 9.40. The third kappa shape index (κ3) is 3.98. The molecule has 1 atom stereocenters. The molecule has 2 rings (SSSR count). The molecule has 0 aliphatic rings. The summed E-state index contributed by atoms with van der Waals surface area (Å²) in [5.74, 6) is 0.0455. The van der Waals surface area contributed by atoms with Crippen molar-refractivity contribution in [2.45, 2.75) is 18.8 Å². The van der Waals surface area contributed by atoms with E-state index >= 15 is 0 Å². The number of benzene rings is 2. The van der Waals surface area contributed by atoms with Gasteiger partial charge in [-0.1, -0.05) is 42.5 Å². The van der Waals surface area contributed by atoms with Crippen LogP contribution in [0.5, 0.6) is 5.75 Å². The molecule has 1 unspecified atom stereocenters. The second kappa shape index (κ2) is 6.18. The quantitative estimate of drug-likeness (QED) is 0.917. The summed E-state index contributed by atoms with van der Waals surface area (Å²) in [6.45, 7) is 0.0907. The Morgan fingerprint density at radius 3 is 2.29 bits per heavy atom. The van der Waals surface area contributed by atoms with E-state index in [9.17, 15) is 18.3 Å². The van der Waals surface area contributed by atoms with Crippen LogP contribution in [0.4, 0.5) is 13.2 Å². The number of aromatic hydroxyl groups is 1. The van der Waals surface area contributed by atoms with E-state index in [4.69, 9.17) is 0 Å². The van der Waals surface area contributed by atoms with Gasteiger partial charge in [0.05, 0.1) is 0 Å². The van der Waals surface area contributed by atoms with Crippen molar-refractivity contribution in [3.8, 4) is 5.75 Å². The SMILES string of the molecule is CN(Cc1cccc(O)c1)C(c1ccccc1)C(F)(F)F. The number of hydrogen-bond donors (Lipinski definition) is 1. The van der Waals surface area contributed by atoms with Gasteiger partial charge in [0.25, 0.3) is 0 Å². The Hall–Kier alpha value is -2.01. The molecule has 0 saturated carbocycles. The molecule has 0 fully saturated rings. The molecule has 0 amide bonds. The molecular weight excluding hydrogens is 279 g/mol. The van der Waals surface area contributed by atoms with Crippen LogP contribution < -0.4 is 0 Å². The van der Waals surface area contributed by atoms with E-state index in [0.29, 0.717) is 5.56 Å². The average Bonchev–Trinajstić information content (AvgIpc) is 2.38. The van der Waals surface area contributed by atoms with Gasteiger partial charge in [-0.25, -0.2) is 0 Å². The van der Waals surface area contributed by atoms with Gasteiger partial charge in [0.15, 0.2) is 0 Å². The third-order valence-corrected chi connectivity index (χ3v) is 3.21. The van der Waals surface area contributed by atoms with Gasteiger partial charge in [-0.2, -0.15) is 13.2 Å². The second-order valence-corrected chi connectivity index (χ2v) is 4.94. The summed E-state index contributed by atoms with van der Waals surface area (Å²) in [5.41, 5.74) is 0.829. The lowest BCUT2D eigenvalue weighted by molar-refractivity contribution is -0.184. The van der Waals surface area contributed by atoms with Crippen LogP contribution in [0.25, 0.3) is 0 Å². The number of alkyl halides is 3. The average molecular weight is 295 g/mol. The molecule has 5 heteroatoms. The molecule has 1 N–H and O–H groups in total. The Morgan fingerprint density at radius 2 is 1.71 bits per heavy atom. The molecule has 2 nitrogen and oxygen atoms in total. The topological polar surface area (TPSA) is 23.5 Å². The Balaban J connectivity index is 2.25. The number of halogens is 3. The van der Waals surface area contributed by atoms with Gasteiger partial charge in [-0.15, -0.1) is 0 Å². The van der Waals surface area contributed by atoms with Gasteiger partial charge in [-0.05, 0) is 30.3 Å². The molecule has 0 spiro atoms. The fourth-order valence-electron chi connectivity index (χ4n) is 2.36. The molecule has 0 aliphatic heterocycles. The summed E-state index contributed by atoms with van der Waals surface area (Å²) in [6, 6.07) is 12.4. The van der Waals surface area contributed by atoms with Crippen LogP contribution in [0.15, 0.2) is 54.6 Å². The van der Waals surface area contributed by atoms with Gasteiger partial charge in [0.1, 0.15) is 11.8 Å². The minimum atomic E-state index is -4.37. The first kappa shape index (κ1) is 15.4. The summed E-state index contributed by atoms with van der Waals surface area (Å²) in [6.07, 6.45) is -4.37. The predicted octanol–water partition coefficient (Wildman–Crippen LogP) is 4.13. The Bertz CT molecular complexity index is 584. The summed E-state index contributed by atoms with van der Waals surface area (Å²) in [4.78, 5) is 1.23. The minimum absolute atomic E-state index is 0.0455. The Labute approximate surface area is 121 Å². The smallest absolute Gasteiger partial charge is 0.408 e. The van der Waals surface area contributed by atoms with Crippen molar-refractivity contribution >= 4 is 0 Å². The first-order chi connectivity index (χ1) is 9.88. The van der Waals surface area contributed by atoms with E-state index in [1.807, 2.05) is 0 Å². The van der Waals surface area contributed by atoms with Crippen LogP contribution in [0.3, 0.4) is 0 Å². The number of nitrogens with zero attached hydrogens (tertiary/aromatic N) is 1. The maximum atomic E-state index is 13.3. The predicted molar refractivity (Wildman–Crippen MR) is 74.8 cm³/mol. The molecule has 2 aromatic carbocycles. The van der Waals surface area contributed by atoms with E-state index in [2.05, 4.69) is 0 Å². The minimum Gasteiger partial charge on any atom is -0.508 e. The van der Waals surface area contributed by atoms with Crippen LogP contribution >= 0.6 is 0 Å². The largest absolute Gasteiger partial charge is 0.508 e. The second-order valence-electron chi connectivity index (χ2n) is 4.94. The summed E-state index contributed by atoms with van der Waals surface area (Å²) >= 11 is 0. The van der Waals surface area contributed by atoms with Crippen LogP contribution in [0, 0.1) is 0 Å². The van der Waals surface area contributed by atoms with Gasteiger partial charge < -0.3 is 5.11 Å². The number of phenolic OH excluding ortho intramolecular Hbond substituents is 1. The lowest BCUT2D eigenvalue weighted by Crippen LogP contribution is -2.35. The number of rotatable bonds is 4. The molecule has 2 aromatic rings. The normalized spacial score (nSPS) is 13.4. The van der Waals surface area contributed by atoms with E-state index in [1.165, 1.54) is 36.2 Å². The van der Waals surface area contributed by atoms with Gasteiger partial charge >= 0.3 is 6.18 Å². The van der Waals surface area contributed by atoms with E-state index < -0.39 is 12.2 Å². The van der Waals surface area contributed by atoms with E-state index in [0.717, 1.165) is 0 Å². The highest BCUT2D eigenvalue weighted by atomic mass is 19.4. The van der Waals surface area contributed by atoms with Gasteiger partial charge in [0, 0.05) is 6.54 Å². The molecule has 21 heavy (non-hydrogen) atoms. The molecule has 0 radical (unpaired) electrons. The first-order valence-electron chi connectivity index (χ1n) is 6.48. The van der Waals surface area contributed by atoms with Crippen molar-refractivity contribution in [2.75, 3.05) is 7.05 Å². The van der Waals surface area contributed by atoms with Crippen LogP contribution in [0.2, 0.25) is 0 Å². The van der Waals surface area contributed by atoms with E-state index in [1.54, 1.807) is 30.3 Å². The molecule has 0 aliphatic carbocycles. The van der Waals surface area contributed by atoms with Gasteiger partial charge in [-0.3, -0.25) is 4.90 Å². The van der Waals surface area contributed by atoms with Crippen molar-refractivity contribution < 1.29 is 18.3 Å². The van der Waals surface area contributed by atoms with Crippen molar-refractivity contribution in [3.63, 3.8) is 0 Å². The number of phenols is 1. The first-order valence-corrected chi connectivity index (χ1v) is 6.48. The number of hydrogen-bond acceptors (Lipinski definition) is 2. The Morgan fingerprint density at radius 1 is 1.05 bits per heavy atom. The molecule has 112 valence electrons. The fraction of sp³-hybridized carbons (Fsp3) is 0.250. The highest BCUT2D eigenvalue weighted by Gasteiger charge is 2.43. The fourth-order valence-corrected chi connectivity index (χ4v) is 2.36. The highest BCUT2D eigenvalue weighted by Crippen LogP contribution is 2.37. The van der Waals surface area contributed by atoms with Crippen molar-refractivity contribution in [3.05, 3.63) is 65.7 Å². The molecule has 0 bridgehead atoms. The van der Waals surface area contributed by atoms with Crippen LogP contribution in [-0.2, 0) is 6.54 Å². The summed E-state index contributed by atoms with van der Waals surface area (Å²) in [7, 11) is 1.43. The van der Waals surface area contributed by atoms with Crippen molar-refractivity contribution in [1.82, 2.24) is 4.90 Å². The third-order valence-electron chi connectivity index (χ3n) is 3.21. The lowest BCUT2D eigenvalue weighted by atomic mass is 10.0. The summed E-state index contributed by atoms with van der Waals surface area (Å²) < 4.78 is 40.0. The Kier molecular flexibility index (Phi) is 4.53. The highest BCUT2D eigenvalue weighted by molar-refractivity contribution is 5.27. The molecule has 0 heterocycles. The van der Waals surface area contributed by atoms with E-state index in [-0.39, 0.29) is 17.9 Å². The zero-order valence-electron chi connectivity index (χ0n) is 11.5. The van der Waals surface area contributed by atoms with Gasteiger partial charge in [0.2, 0.25) is 0 Å². The maximum absolute atomic E-state index is 13.3. The van der Waals surface area contributed by atoms with Crippen LogP contribution in [-0.4, -0.2) is 23.2 Å². The lowest BCUT2D eigenvalue weighted by Gasteiger charge is -2.30. The molecule has 0 aromatic heterocycles. The monoisotopic (exact) mass is 295 g/mol. The maximum Gasteiger partial charge on any atom is 0.408 e. The zero-order chi connectivity index (χ0) is 15.5. The van der Waals surface area contributed by atoms with Crippen LogP contribution in [0.1, 0.15) is 17.2 Å². The van der Waals surface area contributed by atoms with Crippen molar-refractivity contribution in [1.29, 1.82) is 0 Å². The molecule has 0 saturated heterocycles. The zero-order valence-corrected chi connectivity index (χ0v) is 11.5. The standard InChI is InChI=1S/C16H16F3NO/c1-20(11-12-6-5-9-14(21)10-12)15(16(17,18)19)13-7-3-2-4-8-13/h2-10,15,21H,11H2,1H3. The van der Waals surface area contributed by atoms with Crippen molar-refractivity contribution in [2.24, 2.45) is 0 Å².